The van der Waals surface area contributed by atoms with Crippen LogP contribution in [-0.2, 0) is 0 Å². The first kappa shape index (κ1) is 22.9. The van der Waals surface area contributed by atoms with Crippen molar-refractivity contribution in [1.29, 1.82) is 0 Å². The molecule has 0 spiro atoms. The first-order chi connectivity index (χ1) is 19.8. The predicted molar refractivity (Wildman–Crippen MR) is 172 cm³/mol. The maximum Gasteiger partial charge on any atom is 0.0916 e. The summed E-state index contributed by atoms with van der Waals surface area (Å²) < 4.78 is 2.45. The highest BCUT2D eigenvalue weighted by Gasteiger charge is 2.20. The van der Waals surface area contributed by atoms with E-state index in [1.54, 1.807) is 0 Å². The zero-order chi connectivity index (χ0) is 26.5. The zero-order valence-electron chi connectivity index (χ0n) is 21.7. The molecule has 0 bridgehead atoms. The first-order valence-electron chi connectivity index (χ1n) is 13.5. The summed E-state index contributed by atoms with van der Waals surface area (Å²) in [6, 6.07) is 49.9. The molecule has 0 aliphatic heterocycles. The molecule has 40 heavy (non-hydrogen) atoms. The van der Waals surface area contributed by atoms with E-state index < -0.39 is 0 Å². The number of pyridine rings is 1. The molecular weight excluding hydrogens is 504 g/mol. The Kier molecular flexibility index (Phi) is 5.35. The van der Waals surface area contributed by atoms with Crippen molar-refractivity contribution in [3.63, 3.8) is 0 Å². The van der Waals surface area contributed by atoms with Gasteiger partial charge >= 0.3 is 0 Å². The van der Waals surface area contributed by atoms with Gasteiger partial charge < -0.3 is 4.90 Å². The minimum Gasteiger partial charge on any atom is -0.309 e. The molecule has 0 atom stereocenters. The topological polar surface area (TPSA) is 16.1 Å². The average molecular weight is 529 g/mol. The minimum atomic E-state index is 1.06. The van der Waals surface area contributed by atoms with Gasteiger partial charge in [-0.05, 0) is 69.1 Å². The highest BCUT2D eigenvalue weighted by Crippen LogP contribution is 2.46. The molecule has 0 radical (unpaired) electrons. The average Bonchev–Trinajstić information content (AvgIpc) is 3.42. The Balaban J connectivity index is 1.37. The van der Waals surface area contributed by atoms with Crippen LogP contribution in [0.5, 0.6) is 0 Å². The molecule has 6 aromatic carbocycles. The second-order valence-corrected chi connectivity index (χ2v) is 11.1. The van der Waals surface area contributed by atoms with Crippen molar-refractivity contribution >= 4 is 70.2 Å². The van der Waals surface area contributed by atoms with Crippen molar-refractivity contribution in [1.82, 2.24) is 4.98 Å². The van der Waals surface area contributed by atoms with Crippen LogP contribution < -0.4 is 4.90 Å². The number of aromatic nitrogens is 1. The fourth-order valence-corrected chi connectivity index (χ4v) is 6.94. The summed E-state index contributed by atoms with van der Waals surface area (Å²) in [6.07, 6.45) is 1.96. The number of anilines is 3. The van der Waals surface area contributed by atoms with Crippen molar-refractivity contribution in [2.75, 3.05) is 4.90 Å². The van der Waals surface area contributed by atoms with E-state index >= 15 is 0 Å². The normalized spacial score (nSPS) is 11.5. The van der Waals surface area contributed by atoms with Gasteiger partial charge in [-0.3, -0.25) is 4.98 Å². The van der Waals surface area contributed by atoms with Gasteiger partial charge in [0.1, 0.15) is 0 Å². The molecule has 2 heterocycles. The van der Waals surface area contributed by atoms with E-state index in [1.807, 2.05) is 17.5 Å². The molecule has 0 N–H and O–H groups in total. The lowest BCUT2D eigenvalue weighted by Gasteiger charge is -2.26. The van der Waals surface area contributed by atoms with Crippen molar-refractivity contribution in [3.8, 4) is 11.1 Å². The Morgan fingerprint density at radius 1 is 0.525 bits per heavy atom. The quantitative estimate of drug-likeness (QED) is 0.226. The van der Waals surface area contributed by atoms with E-state index in [9.17, 15) is 0 Å². The number of rotatable bonds is 4. The molecule has 3 heteroatoms. The molecule has 0 aliphatic rings. The number of fused-ring (bicyclic) bond motifs is 6. The number of thiophene rings is 1. The lowest BCUT2D eigenvalue weighted by atomic mass is 10.0. The molecule has 188 valence electrons. The van der Waals surface area contributed by atoms with Gasteiger partial charge in [0.05, 0.1) is 15.9 Å². The van der Waals surface area contributed by atoms with Crippen molar-refractivity contribution in [2.24, 2.45) is 0 Å². The third kappa shape index (κ3) is 3.75. The summed E-state index contributed by atoms with van der Waals surface area (Å²) >= 11 is 1.82. The Labute approximate surface area is 236 Å². The number of benzene rings is 6. The van der Waals surface area contributed by atoms with E-state index in [2.05, 4.69) is 144 Å². The number of hydrogen-bond donors (Lipinski definition) is 0. The molecule has 0 fully saturated rings. The van der Waals surface area contributed by atoms with Gasteiger partial charge in [-0.15, -0.1) is 11.3 Å². The van der Waals surface area contributed by atoms with E-state index in [0.29, 0.717) is 0 Å². The van der Waals surface area contributed by atoms with Gasteiger partial charge in [0.25, 0.3) is 0 Å². The molecule has 0 amide bonds. The molecule has 0 aliphatic carbocycles. The van der Waals surface area contributed by atoms with Crippen LogP contribution in [-0.4, -0.2) is 4.98 Å². The Hall–Kier alpha value is -4.99. The van der Waals surface area contributed by atoms with E-state index in [-0.39, 0.29) is 0 Å². The second kappa shape index (κ2) is 9.33. The summed E-state index contributed by atoms with van der Waals surface area (Å²) in [5.74, 6) is 0. The summed E-state index contributed by atoms with van der Waals surface area (Å²) in [5, 5.41) is 6.18. The van der Waals surface area contributed by atoms with Crippen LogP contribution in [0.2, 0.25) is 0 Å². The second-order valence-electron chi connectivity index (χ2n) is 10.0. The molecule has 0 unspecified atom stereocenters. The standard InChI is InChI=1S/C37H24N2S/c1-2-8-25(9-3-1)27-14-18-30(19-15-27)39(31-20-16-26-10-4-5-12-29(26)24-31)33-22-23-38-36-35-32-13-7-6-11-28(32)17-21-34(35)40-37(33)36/h1-24H. The smallest absolute Gasteiger partial charge is 0.0916 e. The van der Waals surface area contributed by atoms with Crippen LogP contribution in [0.25, 0.3) is 53.0 Å². The fourth-order valence-electron chi connectivity index (χ4n) is 5.76. The van der Waals surface area contributed by atoms with E-state index in [0.717, 1.165) is 22.6 Å². The van der Waals surface area contributed by atoms with Gasteiger partial charge in [-0.2, -0.15) is 0 Å². The summed E-state index contributed by atoms with van der Waals surface area (Å²) in [5.41, 5.74) is 6.86. The summed E-state index contributed by atoms with van der Waals surface area (Å²) in [6.45, 7) is 0. The molecule has 0 saturated heterocycles. The summed E-state index contributed by atoms with van der Waals surface area (Å²) in [4.78, 5) is 7.32. The third-order valence-corrected chi connectivity index (χ3v) is 8.85. The largest absolute Gasteiger partial charge is 0.309 e. The minimum absolute atomic E-state index is 1.06. The van der Waals surface area contributed by atoms with Gasteiger partial charge in [-0.25, -0.2) is 0 Å². The zero-order valence-corrected chi connectivity index (χ0v) is 22.5. The van der Waals surface area contributed by atoms with Crippen LogP contribution in [0, 0.1) is 0 Å². The lowest BCUT2D eigenvalue weighted by Crippen LogP contribution is -2.10. The van der Waals surface area contributed by atoms with Crippen LogP contribution in [0.4, 0.5) is 17.1 Å². The van der Waals surface area contributed by atoms with Crippen molar-refractivity contribution in [2.45, 2.75) is 0 Å². The molecule has 8 aromatic rings. The van der Waals surface area contributed by atoms with Crippen molar-refractivity contribution in [3.05, 3.63) is 146 Å². The fraction of sp³-hybridized carbons (Fsp3) is 0. The molecule has 0 saturated carbocycles. The third-order valence-electron chi connectivity index (χ3n) is 7.69. The SMILES string of the molecule is c1ccc(-c2ccc(N(c3ccc4ccccc4c3)c3ccnc4c3sc3ccc5ccccc5c34)cc2)cc1. The highest BCUT2D eigenvalue weighted by molar-refractivity contribution is 7.26. The lowest BCUT2D eigenvalue weighted by molar-refractivity contribution is 1.29. The number of nitrogens with zero attached hydrogens (tertiary/aromatic N) is 2. The Bertz CT molecular complexity index is 2160. The maximum atomic E-state index is 4.94. The highest BCUT2D eigenvalue weighted by atomic mass is 32.1. The molecule has 2 nitrogen and oxygen atoms in total. The van der Waals surface area contributed by atoms with Gasteiger partial charge in [0.2, 0.25) is 0 Å². The monoisotopic (exact) mass is 528 g/mol. The van der Waals surface area contributed by atoms with E-state index in [1.165, 1.54) is 47.5 Å². The Morgan fingerprint density at radius 3 is 2.05 bits per heavy atom. The van der Waals surface area contributed by atoms with Crippen LogP contribution in [0.15, 0.2) is 146 Å². The van der Waals surface area contributed by atoms with Crippen LogP contribution in [0.3, 0.4) is 0 Å². The Morgan fingerprint density at radius 2 is 1.20 bits per heavy atom. The molecule has 2 aromatic heterocycles. The van der Waals surface area contributed by atoms with Crippen molar-refractivity contribution < 1.29 is 0 Å². The number of hydrogen-bond acceptors (Lipinski definition) is 3. The molecular formula is C37H24N2S. The van der Waals surface area contributed by atoms with Gasteiger partial charge in [0.15, 0.2) is 0 Å². The predicted octanol–water partition coefficient (Wildman–Crippen LogP) is 10.9. The van der Waals surface area contributed by atoms with E-state index in [4.69, 9.17) is 4.98 Å². The van der Waals surface area contributed by atoms with Crippen LogP contribution in [0.1, 0.15) is 0 Å². The van der Waals surface area contributed by atoms with Gasteiger partial charge in [-0.1, -0.05) is 103 Å². The van der Waals surface area contributed by atoms with Gasteiger partial charge in [0, 0.05) is 27.7 Å². The molecule has 8 rings (SSSR count). The summed E-state index contributed by atoms with van der Waals surface area (Å²) in [7, 11) is 0. The maximum absolute atomic E-state index is 4.94. The van der Waals surface area contributed by atoms with Crippen LogP contribution >= 0.6 is 11.3 Å². The first-order valence-corrected chi connectivity index (χ1v) is 14.3.